The quantitative estimate of drug-likeness (QED) is 0.612. The number of hydrogen-bond acceptors (Lipinski definition) is 7. The minimum atomic E-state index is 0.590. The molecule has 27 heavy (non-hydrogen) atoms. The summed E-state index contributed by atoms with van der Waals surface area (Å²) in [6.07, 6.45) is 1.49. The molecule has 1 aromatic heterocycles. The maximum absolute atomic E-state index is 5.64. The average Bonchev–Trinajstić information content (AvgIpc) is 2.70. The molecule has 0 saturated carbocycles. The molecule has 140 valence electrons. The number of para-hydroxylation sites is 2. The lowest BCUT2D eigenvalue weighted by atomic mass is 10.2. The fraction of sp³-hybridized carbons (Fsp3) is 0.200. The first-order chi connectivity index (χ1) is 13.2. The van der Waals surface area contributed by atoms with Crippen molar-refractivity contribution >= 4 is 23.0 Å². The third-order valence-corrected chi connectivity index (χ3v) is 3.79. The molecule has 3 aromatic rings. The van der Waals surface area contributed by atoms with Gasteiger partial charge >= 0.3 is 0 Å². The number of benzene rings is 2. The number of rotatable bonds is 8. The second-order valence-electron chi connectivity index (χ2n) is 5.53. The van der Waals surface area contributed by atoms with Gasteiger partial charge in [0.25, 0.3) is 0 Å². The van der Waals surface area contributed by atoms with E-state index in [4.69, 9.17) is 14.2 Å². The summed E-state index contributed by atoms with van der Waals surface area (Å²) in [7, 11) is 3.22. The van der Waals surface area contributed by atoms with E-state index in [9.17, 15) is 0 Å². The molecule has 2 N–H and O–H groups in total. The second-order valence-corrected chi connectivity index (χ2v) is 5.53. The molecule has 0 aliphatic carbocycles. The maximum Gasteiger partial charge on any atom is 0.146 e. The van der Waals surface area contributed by atoms with Crippen LogP contribution in [0.25, 0.3) is 0 Å². The second kappa shape index (κ2) is 8.75. The van der Waals surface area contributed by atoms with Crippen LogP contribution in [0.5, 0.6) is 17.2 Å². The fourth-order valence-electron chi connectivity index (χ4n) is 2.52. The Morgan fingerprint density at radius 1 is 0.815 bits per heavy atom. The first-order valence-electron chi connectivity index (χ1n) is 8.53. The SMILES string of the molecule is CCOc1ccccc1Nc1cc(Nc2ccc(OC)cc2OC)ncn1. The van der Waals surface area contributed by atoms with Gasteiger partial charge in [-0.15, -0.1) is 0 Å². The van der Waals surface area contributed by atoms with Gasteiger partial charge in [0.1, 0.15) is 35.2 Å². The molecule has 7 nitrogen and oxygen atoms in total. The number of anilines is 4. The minimum absolute atomic E-state index is 0.590. The highest BCUT2D eigenvalue weighted by atomic mass is 16.5. The van der Waals surface area contributed by atoms with Gasteiger partial charge in [0.15, 0.2) is 0 Å². The van der Waals surface area contributed by atoms with Crippen LogP contribution < -0.4 is 24.8 Å². The molecule has 0 radical (unpaired) electrons. The van der Waals surface area contributed by atoms with Crippen LogP contribution in [0.2, 0.25) is 0 Å². The molecule has 3 rings (SSSR count). The summed E-state index contributed by atoms with van der Waals surface area (Å²) in [5.74, 6) is 3.42. The molecule has 2 aromatic carbocycles. The summed E-state index contributed by atoms with van der Waals surface area (Å²) in [5, 5.41) is 6.50. The number of hydrogen-bond donors (Lipinski definition) is 2. The van der Waals surface area contributed by atoms with E-state index in [0.29, 0.717) is 24.0 Å². The van der Waals surface area contributed by atoms with Gasteiger partial charge in [0.05, 0.1) is 32.2 Å². The Balaban J connectivity index is 1.81. The van der Waals surface area contributed by atoms with Gasteiger partial charge in [0, 0.05) is 12.1 Å². The van der Waals surface area contributed by atoms with Crippen LogP contribution >= 0.6 is 0 Å². The zero-order valence-electron chi connectivity index (χ0n) is 15.5. The molecule has 0 spiro atoms. The summed E-state index contributed by atoms with van der Waals surface area (Å²) < 4.78 is 16.3. The lowest BCUT2D eigenvalue weighted by molar-refractivity contribution is 0.342. The highest BCUT2D eigenvalue weighted by Gasteiger charge is 2.08. The molecule has 0 atom stereocenters. The Morgan fingerprint density at radius 2 is 1.52 bits per heavy atom. The largest absolute Gasteiger partial charge is 0.497 e. The van der Waals surface area contributed by atoms with Crippen LogP contribution in [-0.2, 0) is 0 Å². The normalized spacial score (nSPS) is 10.2. The van der Waals surface area contributed by atoms with Crippen molar-refractivity contribution in [1.82, 2.24) is 9.97 Å². The molecule has 0 fully saturated rings. The van der Waals surface area contributed by atoms with Crippen molar-refractivity contribution in [2.75, 3.05) is 31.5 Å². The zero-order valence-corrected chi connectivity index (χ0v) is 15.5. The topological polar surface area (TPSA) is 77.5 Å². The predicted molar refractivity (Wildman–Crippen MR) is 106 cm³/mol. The van der Waals surface area contributed by atoms with E-state index in [1.807, 2.05) is 49.4 Å². The summed E-state index contributed by atoms with van der Waals surface area (Å²) in [6, 6.07) is 15.1. The van der Waals surface area contributed by atoms with E-state index in [1.165, 1.54) is 6.33 Å². The first-order valence-corrected chi connectivity index (χ1v) is 8.53. The highest BCUT2D eigenvalue weighted by Crippen LogP contribution is 2.32. The molecule has 7 heteroatoms. The summed E-state index contributed by atoms with van der Waals surface area (Å²) in [4.78, 5) is 8.55. The highest BCUT2D eigenvalue weighted by molar-refractivity contribution is 5.69. The molecular weight excluding hydrogens is 344 g/mol. The molecule has 1 heterocycles. The standard InChI is InChI=1S/C20H22N4O3/c1-4-27-17-8-6-5-7-15(17)23-19-12-20(22-13-21-19)24-16-10-9-14(25-2)11-18(16)26-3/h5-13H,4H2,1-3H3,(H2,21,22,23,24). The van der Waals surface area contributed by atoms with Crippen molar-refractivity contribution in [3.05, 3.63) is 54.9 Å². The number of methoxy groups -OCH3 is 2. The van der Waals surface area contributed by atoms with Crippen LogP contribution in [0, 0.1) is 0 Å². The first kappa shape index (κ1) is 18.3. The molecule has 0 aliphatic heterocycles. The third-order valence-electron chi connectivity index (χ3n) is 3.79. The Morgan fingerprint density at radius 3 is 2.19 bits per heavy atom. The average molecular weight is 366 g/mol. The number of ether oxygens (including phenoxy) is 3. The fourth-order valence-corrected chi connectivity index (χ4v) is 2.52. The summed E-state index contributed by atoms with van der Waals surface area (Å²) in [6.45, 7) is 2.54. The van der Waals surface area contributed by atoms with Crippen LogP contribution in [0.3, 0.4) is 0 Å². The maximum atomic E-state index is 5.64. The Kier molecular flexibility index (Phi) is 5.94. The van der Waals surface area contributed by atoms with E-state index < -0.39 is 0 Å². The Hall–Kier alpha value is -3.48. The van der Waals surface area contributed by atoms with Crippen molar-refractivity contribution < 1.29 is 14.2 Å². The van der Waals surface area contributed by atoms with Crippen LogP contribution in [0.1, 0.15) is 6.92 Å². The Bertz CT molecular complexity index is 902. The molecule has 0 bridgehead atoms. The van der Waals surface area contributed by atoms with Crippen molar-refractivity contribution in [2.45, 2.75) is 6.92 Å². The van der Waals surface area contributed by atoms with Crippen molar-refractivity contribution in [3.63, 3.8) is 0 Å². The smallest absolute Gasteiger partial charge is 0.146 e. The molecule has 0 amide bonds. The van der Waals surface area contributed by atoms with Gasteiger partial charge in [-0.3, -0.25) is 0 Å². The van der Waals surface area contributed by atoms with Gasteiger partial charge in [-0.25, -0.2) is 9.97 Å². The zero-order chi connectivity index (χ0) is 19.1. The lowest BCUT2D eigenvalue weighted by Gasteiger charge is -2.14. The van der Waals surface area contributed by atoms with E-state index in [2.05, 4.69) is 20.6 Å². The molecular formula is C20H22N4O3. The van der Waals surface area contributed by atoms with Gasteiger partial charge in [-0.2, -0.15) is 0 Å². The number of aromatic nitrogens is 2. The van der Waals surface area contributed by atoms with E-state index in [-0.39, 0.29) is 0 Å². The lowest BCUT2D eigenvalue weighted by Crippen LogP contribution is -2.01. The Labute approximate surface area is 158 Å². The monoisotopic (exact) mass is 366 g/mol. The van der Waals surface area contributed by atoms with Gasteiger partial charge in [-0.1, -0.05) is 12.1 Å². The van der Waals surface area contributed by atoms with Crippen molar-refractivity contribution in [3.8, 4) is 17.2 Å². The van der Waals surface area contributed by atoms with Crippen LogP contribution in [0.4, 0.5) is 23.0 Å². The van der Waals surface area contributed by atoms with Gasteiger partial charge in [0.2, 0.25) is 0 Å². The van der Waals surface area contributed by atoms with E-state index in [0.717, 1.165) is 22.9 Å². The van der Waals surface area contributed by atoms with Crippen molar-refractivity contribution in [1.29, 1.82) is 0 Å². The number of nitrogens with zero attached hydrogens (tertiary/aromatic N) is 2. The summed E-state index contributed by atoms with van der Waals surface area (Å²) >= 11 is 0. The number of nitrogens with one attached hydrogen (secondary N) is 2. The van der Waals surface area contributed by atoms with Gasteiger partial charge in [-0.05, 0) is 31.2 Å². The predicted octanol–water partition coefficient (Wildman–Crippen LogP) is 4.38. The minimum Gasteiger partial charge on any atom is -0.497 e. The van der Waals surface area contributed by atoms with Crippen molar-refractivity contribution in [2.24, 2.45) is 0 Å². The van der Waals surface area contributed by atoms with Crippen LogP contribution in [0.15, 0.2) is 54.9 Å². The molecule has 0 aliphatic rings. The van der Waals surface area contributed by atoms with E-state index >= 15 is 0 Å². The van der Waals surface area contributed by atoms with Crippen LogP contribution in [-0.4, -0.2) is 30.8 Å². The van der Waals surface area contributed by atoms with E-state index in [1.54, 1.807) is 20.3 Å². The molecule has 0 saturated heterocycles. The van der Waals surface area contributed by atoms with Gasteiger partial charge < -0.3 is 24.8 Å². The third kappa shape index (κ3) is 4.58. The molecule has 0 unspecified atom stereocenters. The summed E-state index contributed by atoms with van der Waals surface area (Å²) in [5.41, 5.74) is 1.61.